The number of benzene rings is 2. The lowest BCUT2D eigenvalue weighted by Gasteiger charge is -2.21. The third kappa shape index (κ3) is 6.06. The molecule has 2 rings (SSSR count). The first-order chi connectivity index (χ1) is 13.3. The second-order valence-electron chi connectivity index (χ2n) is 6.66. The Balaban J connectivity index is 2.04. The first-order valence-corrected chi connectivity index (χ1v) is 9.11. The Morgan fingerprint density at radius 1 is 1.18 bits per heavy atom. The molecule has 8 heteroatoms. The molecule has 0 aromatic heterocycles. The van der Waals surface area contributed by atoms with E-state index in [1.807, 2.05) is 44.2 Å². The molecule has 1 amide bonds. The fraction of sp³-hybridized carbons (Fsp3) is 0.300. The van der Waals surface area contributed by atoms with Crippen LogP contribution < -0.4 is 5.32 Å². The molecule has 1 atom stereocenters. The number of amides is 1. The van der Waals surface area contributed by atoms with Gasteiger partial charge in [-0.15, -0.1) is 0 Å². The zero-order valence-corrected chi connectivity index (χ0v) is 16.3. The highest BCUT2D eigenvalue weighted by molar-refractivity contribution is 6.31. The summed E-state index contributed by atoms with van der Waals surface area (Å²) in [6.07, 6.45) is 0.712. The van der Waals surface area contributed by atoms with E-state index in [1.165, 1.54) is 6.07 Å². The summed E-state index contributed by atoms with van der Waals surface area (Å²) < 4.78 is 4.96. The number of esters is 1. The SMILES string of the molecule is CC(C)C[C@@H](NC(=O)COC(=O)c1cc(Cl)ccc1[N+](=O)[O-])c1ccccc1. The molecule has 1 N–H and O–H groups in total. The van der Waals surface area contributed by atoms with Crippen LogP contribution in [0.3, 0.4) is 0 Å². The number of nitrogens with zero attached hydrogens (tertiary/aromatic N) is 1. The van der Waals surface area contributed by atoms with Crippen molar-refractivity contribution in [1.29, 1.82) is 0 Å². The van der Waals surface area contributed by atoms with E-state index in [0.717, 1.165) is 17.7 Å². The average molecular weight is 405 g/mol. The lowest BCUT2D eigenvalue weighted by molar-refractivity contribution is -0.385. The number of halogens is 1. The number of hydrogen-bond donors (Lipinski definition) is 1. The third-order valence-electron chi connectivity index (χ3n) is 3.95. The number of rotatable bonds is 8. The van der Waals surface area contributed by atoms with E-state index in [4.69, 9.17) is 16.3 Å². The Morgan fingerprint density at radius 3 is 2.46 bits per heavy atom. The van der Waals surface area contributed by atoms with Crippen LogP contribution in [0.1, 0.15) is 42.2 Å². The molecule has 0 spiro atoms. The topological polar surface area (TPSA) is 98.5 Å². The summed E-state index contributed by atoms with van der Waals surface area (Å²) in [6, 6.07) is 12.8. The van der Waals surface area contributed by atoms with Crippen molar-refractivity contribution in [3.05, 3.63) is 74.8 Å². The molecule has 0 heterocycles. The largest absolute Gasteiger partial charge is 0.452 e. The van der Waals surface area contributed by atoms with Crippen LogP contribution in [-0.4, -0.2) is 23.4 Å². The molecule has 148 valence electrons. The molecule has 0 aliphatic rings. The predicted octanol–water partition coefficient (Wildman–Crippen LogP) is 4.31. The highest BCUT2D eigenvalue weighted by atomic mass is 35.5. The van der Waals surface area contributed by atoms with E-state index < -0.39 is 29.1 Å². The lowest BCUT2D eigenvalue weighted by Crippen LogP contribution is -2.33. The monoisotopic (exact) mass is 404 g/mol. The Kier molecular flexibility index (Phi) is 7.52. The zero-order valence-electron chi connectivity index (χ0n) is 15.6. The minimum atomic E-state index is -0.982. The number of ether oxygens (including phenoxy) is 1. The molecule has 0 bridgehead atoms. The van der Waals surface area contributed by atoms with Crippen LogP contribution in [-0.2, 0) is 9.53 Å². The summed E-state index contributed by atoms with van der Waals surface area (Å²) in [5.74, 6) is -1.14. The van der Waals surface area contributed by atoms with Crippen molar-refractivity contribution in [3.63, 3.8) is 0 Å². The van der Waals surface area contributed by atoms with E-state index in [-0.39, 0.29) is 16.6 Å². The van der Waals surface area contributed by atoms with Crippen LogP contribution in [0.2, 0.25) is 5.02 Å². The minimum Gasteiger partial charge on any atom is -0.452 e. The number of carbonyl (C=O) groups is 2. The fourth-order valence-electron chi connectivity index (χ4n) is 2.71. The van der Waals surface area contributed by atoms with Crippen LogP contribution in [0.5, 0.6) is 0 Å². The van der Waals surface area contributed by atoms with E-state index in [1.54, 1.807) is 0 Å². The summed E-state index contributed by atoms with van der Waals surface area (Å²) in [5.41, 5.74) is 0.213. The van der Waals surface area contributed by atoms with Crippen molar-refractivity contribution in [2.75, 3.05) is 6.61 Å². The van der Waals surface area contributed by atoms with Gasteiger partial charge in [-0.25, -0.2) is 4.79 Å². The van der Waals surface area contributed by atoms with Gasteiger partial charge in [-0.2, -0.15) is 0 Å². The van der Waals surface area contributed by atoms with E-state index in [9.17, 15) is 19.7 Å². The standard InChI is InChI=1S/C20H21ClN2O5/c1-13(2)10-17(14-6-4-3-5-7-14)22-19(24)12-28-20(25)16-11-15(21)8-9-18(16)23(26)27/h3-9,11,13,17H,10,12H2,1-2H3,(H,22,24)/t17-/m1/s1. The van der Waals surface area contributed by atoms with Gasteiger partial charge in [0.15, 0.2) is 6.61 Å². The maximum absolute atomic E-state index is 12.3. The van der Waals surface area contributed by atoms with Gasteiger partial charge in [-0.3, -0.25) is 14.9 Å². The predicted molar refractivity (Wildman–Crippen MR) is 105 cm³/mol. The molecule has 0 radical (unpaired) electrons. The second kappa shape index (κ2) is 9.85. The van der Waals surface area contributed by atoms with Crippen LogP contribution in [0, 0.1) is 16.0 Å². The number of nitro benzene ring substituents is 1. The van der Waals surface area contributed by atoms with Gasteiger partial charge in [0.05, 0.1) is 11.0 Å². The van der Waals surface area contributed by atoms with Crippen LogP contribution in [0.15, 0.2) is 48.5 Å². The molecule has 0 aliphatic carbocycles. The normalized spacial score (nSPS) is 11.7. The van der Waals surface area contributed by atoms with Gasteiger partial charge < -0.3 is 10.1 Å². The molecular formula is C20H21ClN2O5. The van der Waals surface area contributed by atoms with Crippen LogP contribution in [0.25, 0.3) is 0 Å². The van der Waals surface area contributed by atoms with E-state index >= 15 is 0 Å². The van der Waals surface area contributed by atoms with Crippen LogP contribution >= 0.6 is 11.6 Å². The molecule has 2 aromatic rings. The quantitative estimate of drug-likeness (QED) is 0.401. The van der Waals surface area contributed by atoms with E-state index in [0.29, 0.717) is 12.3 Å². The molecular weight excluding hydrogens is 384 g/mol. The van der Waals surface area contributed by atoms with Crippen molar-refractivity contribution >= 4 is 29.2 Å². The molecule has 0 saturated heterocycles. The molecule has 7 nitrogen and oxygen atoms in total. The lowest BCUT2D eigenvalue weighted by atomic mass is 9.97. The summed E-state index contributed by atoms with van der Waals surface area (Å²) in [4.78, 5) is 34.8. The highest BCUT2D eigenvalue weighted by Gasteiger charge is 2.23. The van der Waals surface area contributed by atoms with E-state index in [2.05, 4.69) is 5.32 Å². The number of nitrogens with one attached hydrogen (secondary N) is 1. The van der Waals surface area contributed by atoms with Gasteiger partial charge in [0, 0.05) is 11.1 Å². The average Bonchev–Trinajstić information content (AvgIpc) is 2.65. The minimum absolute atomic E-state index is 0.156. The molecule has 2 aromatic carbocycles. The number of nitro groups is 1. The molecule has 0 unspecified atom stereocenters. The van der Waals surface area contributed by atoms with Gasteiger partial charge >= 0.3 is 5.97 Å². The summed E-state index contributed by atoms with van der Waals surface area (Å²) >= 11 is 5.80. The second-order valence-corrected chi connectivity index (χ2v) is 7.09. The van der Waals surface area contributed by atoms with Gasteiger partial charge in [-0.05, 0) is 30.0 Å². The number of carbonyl (C=O) groups excluding carboxylic acids is 2. The summed E-state index contributed by atoms with van der Waals surface area (Å²) in [7, 11) is 0. The Labute approximate surface area is 167 Å². The summed E-state index contributed by atoms with van der Waals surface area (Å²) in [6.45, 7) is 3.53. The smallest absolute Gasteiger partial charge is 0.345 e. The first-order valence-electron chi connectivity index (χ1n) is 8.73. The van der Waals surface area contributed by atoms with Gasteiger partial charge in [0.1, 0.15) is 5.56 Å². The Bertz CT molecular complexity index is 855. The fourth-order valence-corrected chi connectivity index (χ4v) is 2.88. The molecule has 28 heavy (non-hydrogen) atoms. The summed E-state index contributed by atoms with van der Waals surface area (Å²) in [5, 5.41) is 14.1. The van der Waals surface area contributed by atoms with Crippen molar-refractivity contribution in [3.8, 4) is 0 Å². The first kappa shape index (κ1) is 21.4. The molecule has 0 saturated carbocycles. The molecule has 0 aliphatic heterocycles. The molecule has 0 fully saturated rings. The van der Waals surface area contributed by atoms with Crippen molar-refractivity contribution in [1.82, 2.24) is 5.32 Å². The third-order valence-corrected chi connectivity index (χ3v) is 4.19. The zero-order chi connectivity index (χ0) is 20.7. The van der Waals surface area contributed by atoms with Gasteiger partial charge in [0.2, 0.25) is 0 Å². The Hall–Kier alpha value is -2.93. The highest BCUT2D eigenvalue weighted by Crippen LogP contribution is 2.24. The van der Waals surface area contributed by atoms with Crippen molar-refractivity contribution in [2.45, 2.75) is 26.3 Å². The van der Waals surface area contributed by atoms with Gasteiger partial charge in [0.25, 0.3) is 11.6 Å². The maximum atomic E-state index is 12.3. The Morgan fingerprint density at radius 2 is 1.86 bits per heavy atom. The number of hydrogen-bond acceptors (Lipinski definition) is 5. The van der Waals surface area contributed by atoms with Crippen molar-refractivity contribution in [2.24, 2.45) is 5.92 Å². The van der Waals surface area contributed by atoms with Crippen molar-refractivity contribution < 1.29 is 19.2 Å². The van der Waals surface area contributed by atoms with Crippen LogP contribution in [0.4, 0.5) is 5.69 Å². The maximum Gasteiger partial charge on any atom is 0.345 e. The van der Waals surface area contributed by atoms with Gasteiger partial charge in [-0.1, -0.05) is 55.8 Å².